The number of nitrogens with one attached hydrogen (secondary N) is 2. The highest BCUT2D eigenvalue weighted by Gasteiger charge is 2.11. The van der Waals surface area contributed by atoms with E-state index in [1.54, 1.807) is 12.1 Å². The van der Waals surface area contributed by atoms with Crippen LogP contribution in [0.25, 0.3) is 0 Å². The third-order valence-corrected chi connectivity index (χ3v) is 4.44. The number of urea groups is 1. The summed E-state index contributed by atoms with van der Waals surface area (Å²) in [5, 5.41) is 5.72. The van der Waals surface area contributed by atoms with Crippen LogP contribution in [0.2, 0.25) is 0 Å². The van der Waals surface area contributed by atoms with Crippen LogP contribution in [0.15, 0.2) is 48.5 Å². The molecule has 2 aromatic carbocycles. The maximum atomic E-state index is 12.9. The van der Waals surface area contributed by atoms with Gasteiger partial charge in [0.1, 0.15) is 5.82 Å². The van der Waals surface area contributed by atoms with E-state index in [0.29, 0.717) is 13.0 Å². The Labute approximate surface area is 148 Å². The zero-order valence-electron chi connectivity index (χ0n) is 14.3. The second-order valence-electron chi connectivity index (χ2n) is 6.36. The van der Waals surface area contributed by atoms with Crippen LogP contribution in [-0.2, 0) is 6.42 Å². The number of benzene rings is 2. The number of piperidine rings is 1. The normalized spacial score (nSPS) is 14.2. The molecule has 0 aromatic heterocycles. The fraction of sp³-hybridized carbons (Fsp3) is 0.350. The van der Waals surface area contributed by atoms with Crippen molar-refractivity contribution >= 4 is 17.4 Å². The summed E-state index contributed by atoms with van der Waals surface area (Å²) in [5.74, 6) is -0.247. The highest BCUT2D eigenvalue weighted by atomic mass is 19.1. The fourth-order valence-electron chi connectivity index (χ4n) is 3.08. The number of carbonyl (C=O) groups is 1. The number of carbonyl (C=O) groups excluding carboxylic acids is 1. The maximum Gasteiger partial charge on any atom is 0.319 e. The Bertz CT molecular complexity index is 696. The van der Waals surface area contributed by atoms with E-state index in [4.69, 9.17) is 0 Å². The minimum atomic E-state index is -0.247. The quantitative estimate of drug-likeness (QED) is 0.857. The number of anilines is 2. The lowest BCUT2D eigenvalue weighted by Gasteiger charge is -2.29. The molecule has 2 amide bonds. The lowest BCUT2D eigenvalue weighted by Crippen LogP contribution is -2.31. The minimum Gasteiger partial charge on any atom is -0.371 e. The van der Waals surface area contributed by atoms with Gasteiger partial charge in [0, 0.05) is 31.0 Å². The van der Waals surface area contributed by atoms with Crippen molar-refractivity contribution < 1.29 is 9.18 Å². The molecule has 1 aliphatic heterocycles. The Kier molecular flexibility index (Phi) is 5.88. The van der Waals surface area contributed by atoms with Gasteiger partial charge < -0.3 is 15.5 Å². The molecule has 0 saturated carbocycles. The molecule has 1 heterocycles. The predicted octanol–water partition coefficient (Wildman–Crippen LogP) is 4.18. The van der Waals surface area contributed by atoms with Crippen LogP contribution >= 0.6 is 0 Å². The van der Waals surface area contributed by atoms with Gasteiger partial charge in [-0.05, 0) is 61.6 Å². The number of rotatable bonds is 5. The van der Waals surface area contributed by atoms with Gasteiger partial charge in [-0.25, -0.2) is 9.18 Å². The Morgan fingerprint density at radius 3 is 2.56 bits per heavy atom. The number of amides is 2. The zero-order valence-corrected chi connectivity index (χ0v) is 14.3. The number of hydrogen-bond donors (Lipinski definition) is 2. The van der Waals surface area contributed by atoms with Gasteiger partial charge in [0.05, 0.1) is 0 Å². The second kappa shape index (κ2) is 8.51. The van der Waals surface area contributed by atoms with E-state index in [-0.39, 0.29) is 11.8 Å². The zero-order chi connectivity index (χ0) is 17.5. The summed E-state index contributed by atoms with van der Waals surface area (Å²) in [6.07, 6.45) is 4.41. The summed E-state index contributed by atoms with van der Waals surface area (Å²) >= 11 is 0. The third-order valence-electron chi connectivity index (χ3n) is 4.44. The molecular weight excluding hydrogens is 317 g/mol. The summed E-state index contributed by atoms with van der Waals surface area (Å²) < 4.78 is 12.9. The Balaban J connectivity index is 1.48. The average molecular weight is 341 g/mol. The first-order valence-corrected chi connectivity index (χ1v) is 8.85. The van der Waals surface area contributed by atoms with Crippen molar-refractivity contribution in [1.29, 1.82) is 0 Å². The smallest absolute Gasteiger partial charge is 0.319 e. The van der Waals surface area contributed by atoms with Crippen LogP contribution in [0.5, 0.6) is 0 Å². The monoisotopic (exact) mass is 341 g/mol. The van der Waals surface area contributed by atoms with Gasteiger partial charge in [0.15, 0.2) is 0 Å². The highest BCUT2D eigenvalue weighted by Crippen LogP contribution is 2.22. The van der Waals surface area contributed by atoms with Crippen molar-refractivity contribution in [1.82, 2.24) is 5.32 Å². The molecule has 0 spiro atoms. The van der Waals surface area contributed by atoms with Crippen LogP contribution in [-0.4, -0.2) is 25.7 Å². The summed E-state index contributed by atoms with van der Waals surface area (Å²) in [7, 11) is 0. The van der Waals surface area contributed by atoms with Crippen molar-refractivity contribution in [2.24, 2.45) is 0 Å². The third kappa shape index (κ3) is 5.21. The summed E-state index contributed by atoms with van der Waals surface area (Å²) in [5.41, 5.74) is 2.94. The van der Waals surface area contributed by atoms with E-state index in [9.17, 15) is 9.18 Å². The summed E-state index contributed by atoms with van der Waals surface area (Å²) in [6, 6.07) is 14.1. The SMILES string of the molecule is O=C(NCCc1ccc(F)cc1)Nc1cccc(N2CCCCC2)c1. The van der Waals surface area contributed by atoms with Crippen LogP contribution in [0.3, 0.4) is 0 Å². The largest absolute Gasteiger partial charge is 0.371 e. The lowest BCUT2D eigenvalue weighted by molar-refractivity contribution is 0.252. The summed E-state index contributed by atoms with van der Waals surface area (Å²) in [4.78, 5) is 14.4. The molecule has 1 fully saturated rings. The molecule has 0 aliphatic carbocycles. The topological polar surface area (TPSA) is 44.4 Å². The van der Waals surface area contributed by atoms with Crippen LogP contribution in [0.4, 0.5) is 20.6 Å². The van der Waals surface area contributed by atoms with Crippen molar-refractivity contribution in [2.75, 3.05) is 29.9 Å². The molecule has 4 nitrogen and oxygen atoms in total. The van der Waals surface area contributed by atoms with Crippen LogP contribution in [0.1, 0.15) is 24.8 Å². The van der Waals surface area contributed by atoms with Gasteiger partial charge in [-0.15, -0.1) is 0 Å². The molecular formula is C20H24FN3O. The molecule has 0 radical (unpaired) electrons. The van der Waals surface area contributed by atoms with Crippen LogP contribution < -0.4 is 15.5 Å². The van der Waals surface area contributed by atoms with Crippen molar-refractivity contribution in [3.8, 4) is 0 Å². The number of hydrogen-bond acceptors (Lipinski definition) is 2. The molecule has 2 N–H and O–H groups in total. The van der Waals surface area contributed by atoms with Crippen molar-refractivity contribution in [3.05, 3.63) is 59.9 Å². The first-order chi connectivity index (χ1) is 12.2. The maximum absolute atomic E-state index is 12.9. The minimum absolute atomic E-state index is 0.224. The van der Waals surface area contributed by atoms with Gasteiger partial charge in [-0.1, -0.05) is 18.2 Å². The number of nitrogens with zero attached hydrogens (tertiary/aromatic N) is 1. The molecule has 5 heteroatoms. The van der Waals surface area contributed by atoms with E-state index in [2.05, 4.69) is 21.6 Å². The fourth-order valence-corrected chi connectivity index (χ4v) is 3.08. The Hall–Kier alpha value is -2.56. The number of halogens is 1. The molecule has 0 atom stereocenters. The van der Waals surface area contributed by atoms with E-state index in [0.717, 1.165) is 30.0 Å². The average Bonchev–Trinajstić information content (AvgIpc) is 2.64. The van der Waals surface area contributed by atoms with Gasteiger partial charge in [-0.2, -0.15) is 0 Å². The van der Waals surface area contributed by atoms with Crippen molar-refractivity contribution in [2.45, 2.75) is 25.7 Å². The molecule has 25 heavy (non-hydrogen) atoms. The van der Waals surface area contributed by atoms with Gasteiger partial charge in [-0.3, -0.25) is 0 Å². The first-order valence-electron chi connectivity index (χ1n) is 8.85. The van der Waals surface area contributed by atoms with Gasteiger partial charge in [0.2, 0.25) is 0 Å². The molecule has 1 saturated heterocycles. The van der Waals surface area contributed by atoms with Crippen LogP contribution in [0, 0.1) is 5.82 Å². The van der Waals surface area contributed by atoms with Gasteiger partial charge >= 0.3 is 6.03 Å². The van der Waals surface area contributed by atoms with Gasteiger partial charge in [0.25, 0.3) is 0 Å². The first kappa shape index (κ1) is 17.3. The highest BCUT2D eigenvalue weighted by molar-refractivity contribution is 5.89. The molecule has 132 valence electrons. The van der Waals surface area contributed by atoms with E-state index in [1.807, 2.05) is 18.2 Å². The van der Waals surface area contributed by atoms with E-state index in [1.165, 1.54) is 31.4 Å². The predicted molar refractivity (Wildman–Crippen MR) is 99.6 cm³/mol. The Morgan fingerprint density at radius 2 is 1.80 bits per heavy atom. The van der Waals surface area contributed by atoms with E-state index < -0.39 is 0 Å². The molecule has 3 rings (SSSR count). The standard InChI is InChI=1S/C20H24FN3O/c21-17-9-7-16(8-10-17)11-12-22-20(25)23-18-5-4-6-19(15-18)24-13-2-1-3-14-24/h4-10,15H,1-3,11-14H2,(H2,22,23,25). The summed E-state index contributed by atoms with van der Waals surface area (Å²) in [6.45, 7) is 2.66. The van der Waals surface area contributed by atoms with E-state index >= 15 is 0 Å². The molecule has 0 bridgehead atoms. The van der Waals surface area contributed by atoms with Crippen molar-refractivity contribution in [3.63, 3.8) is 0 Å². The Morgan fingerprint density at radius 1 is 1.04 bits per heavy atom. The molecule has 2 aromatic rings. The second-order valence-corrected chi connectivity index (χ2v) is 6.36. The molecule has 0 unspecified atom stereocenters. The molecule has 1 aliphatic rings. The lowest BCUT2D eigenvalue weighted by atomic mass is 10.1.